The Balaban J connectivity index is 2.55. The first-order valence-corrected chi connectivity index (χ1v) is 12.1. The third-order valence-corrected chi connectivity index (χ3v) is 6.68. The molecule has 1 aliphatic heterocycles. The van der Waals surface area contributed by atoms with Crippen LogP contribution in [0.1, 0.15) is 39.5 Å². The van der Waals surface area contributed by atoms with Crippen LogP contribution in [0.25, 0.3) is 0 Å². The van der Waals surface area contributed by atoms with E-state index in [0.29, 0.717) is 17.6 Å². The summed E-state index contributed by atoms with van der Waals surface area (Å²) in [5.74, 6) is 0.521. The molecule has 1 heterocycles. The zero-order valence-corrected chi connectivity index (χ0v) is 16.5. The van der Waals surface area contributed by atoms with E-state index in [0.717, 1.165) is 44.7 Å². The second kappa shape index (κ2) is 7.04. The van der Waals surface area contributed by atoms with Gasteiger partial charge in [0.25, 0.3) is 0 Å². The zero-order valence-electron chi connectivity index (χ0n) is 14.8. The number of benzene rings is 1. The Bertz CT molecular complexity index is 798. The number of nitrogens with zero attached hydrogens (tertiary/aromatic N) is 1. The monoisotopic (exact) mass is 373 g/mol. The lowest BCUT2D eigenvalue weighted by Crippen LogP contribution is -2.41. The molecule has 0 bridgehead atoms. The maximum absolute atomic E-state index is 12.3. The Morgan fingerprint density at radius 1 is 1.08 bits per heavy atom. The Hall–Kier alpha value is -1.08. The number of rotatable bonds is 5. The van der Waals surface area contributed by atoms with Crippen LogP contribution < -0.4 is 4.90 Å². The van der Waals surface area contributed by atoms with Crippen molar-refractivity contribution in [3.63, 3.8) is 0 Å². The molecule has 0 aromatic heterocycles. The predicted octanol–water partition coefficient (Wildman–Crippen LogP) is 2.90. The van der Waals surface area contributed by atoms with Crippen LogP contribution in [-0.2, 0) is 19.7 Å². The van der Waals surface area contributed by atoms with Gasteiger partial charge in [0.2, 0.25) is 0 Å². The molecule has 1 atom stereocenters. The van der Waals surface area contributed by atoms with Crippen molar-refractivity contribution in [3.05, 3.63) is 18.2 Å². The van der Waals surface area contributed by atoms with Crippen LogP contribution in [-0.4, -0.2) is 41.9 Å². The van der Waals surface area contributed by atoms with E-state index in [1.54, 1.807) is 6.07 Å². The molecule has 0 unspecified atom stereocenters. The second-order valence-corrected chi connectivity index (χ2v) is 11.1. The molecule has 1 saturated heterocycles. The minimum absolute atomic E-state index is 0.0455. The molecule has 1 fully saturated rings. The molecule has 0 saturated carbocycles. The van der Waals surface area contributed by atoms with Crippen molar-refractivity contribution in [2.75, 3.05) is 24.0 Å². The standard InChI is InChI=1S/C17H27NO4S2/c1-13(2)11-14-7-5-6-10-18(14)16-9-8-15(23(3,19)20)12-17(16)24(4,21)22/h8-9,12-14H,5-7,10-11H2,1-4H3/t14-/m0/s1. The van der Waals surface area contributed by atoms with E-state index in [4.69, 9.17) is 0 Å². The second-order valence-electron chi connectivity index (χ2n) is 7.15. The lowest BCUT2D eigenvalue weighted by atomic mass is 9.93. The molecular formula is C17H27NO4S2. The Kier molecular flexibility index (Phi) is 5.64. The summed E-state index contributed by atoms with van der Waals surface area (Å²) in [4.78, 5) is 2.32. The van der Waals surface area contributed by atoms with Crippen LogP contribution in [0.4, 0.5) is 5.69 Å². The molecule has 0 N–H and O–H groups in total. The molecule has 1 aromatic carbocycles. The largest absolute Gasteiger partial charge is 0.367 e. The summed E-state index contributed by atoms with van der Waals surface area (Å²) >= 11 is 0. The quantitative estimate of drug-likeness (QED) is 0.793. The summed E-state index contributed by atoms with van der Waals surface area (Å²) in [6, 6.07) is 4.77. The molecule has 2 rings (SSSR count). The molecular weight excluding hydrogens is 346 g/mol. The van der Waals surface area contributed by atoms with Crippen LogP contribution in [0.5, 0.6) is 0 Å². The summed E-state index contributed by atoms with van der Waals surface area (Å²) < 4.78 is 48.2. The highest BCUT2D eigenvalue weighted by atomic mass is 32.2. The molecule has 0 spiro atoms. The van der Waals surface area contributed by atoms with Crippen LogP contribution in [0.15, 0.2) is 28.0 Å². The number of sulfone groups is 2. The Labute approximate surface area is 145 Å². The van der Waals surface area contributed by atoms with Crippen LogP contribution >= 0.6 is 0 Å². The fourth-order valence-electron chi connectivity index (χ4n) is 3.37. The third-order valence-electron chi connectivity index (χ3n) is 4.44. The van der Waals surface area contributed by atoms with Gasteiger partial charge in [0.15, 0.2) is 19.7 Å². The van der Waals surface area contributed by atoms with Gasteiger partial charge in [0.1, 0.15) is 0 Å². The van der Waals surface area contributed by atoms with Crippen LogP contribution in [0, 0.1) is 5.92 Å². The highest BCUT2D eigenvalue weighted by molar-refractivity contribution is 7.91. The molecule has 0 amide bonds. The van der Waals surface area contributed by atoms with E-state index in [-0.39, 0.29) is 9.79 Å². The molecule has 1 aliphatic rings. The topological polar surface area (TPSA) is 71.5 Å². The summed E-state index contributed by atoms with van der Waals surface area (Å²) in [6.07, 6.45) is 6.43. The summed E-state index contributed by atoms with van der Waals surface area (Å²) in [5.41, 5.74) is 0.634. The highest BCUT2D eigenvalue weighted by Gasteiger charge is 2.28. The van der Waals surface area contributed by atoms with Crippen molar-refractivity contribution in [1.82, 2.24) is 0 Å². The van der Waals surface area contributed by atoms with Crippen LogP contribution in [0.3, 0.4) is 0 Å². The normalized spacial score (nSPS) is 19.7. The summed E-state index contributed by atoms with van der Waals surface area (Å²) in [5, 5.41) is 0. The van der Waals surface area contributed by atoms with E-state index in [9.17, 15) is 16.8 Å². The summed E-state index contributed by atoms with van der Waals surface area (Å²) in [6.45, 7) is 5.13. The number of anilines is 1. The van der Waals surface area contributed by atoms with Crippen molar-refractivity contribution < 1.29 is 16.8 Å². The van der Waals surface area contributed by atoms with Crippen molar-refractivity contribution >= 4 is 25.4 Å². The lowest BCUT2D eigenvalue weighted by Gasteiger charge is -2.39. The van der Waals surface area contributed by atoms with Gasteiger partial charge in [-0.05, 0) is 49.8 Å². The molecule has 7 heteroatoms. The average Bonchev–Trinajstić information content (AvgIpc) is 2.45. The average molecular weight is 374 g/mol. The molecule has 0 aliphatic carbocycles. The van der Waals surface area contributed by atoms with E-state index < -0.39 is 19.7 Å². The zero-order chi connectivity index (χ0) is 18.1. The first kappa shape index (κ1) is 19.2. The Morgan fingerprint density at radius 3 is 2.29 bits per heavy atom. The number of hydrogen-bond donors (Lipinski definition) is 0. The van der Waals surface area contributed by atoms with Gasteiger partial charge in [0, 0.05) is 25.1 Å². The SMILES string of the molecule is CC(C)C[C@@H]1CCCCN1c1ccc(S(C)(=O)=O)cc1S(C)(=O)=O. The van der Waals surface area contributed by atoms with Gasteiger partial charge in [-0.1, -0.05) is 13.8 Å². The van der Waals surface area contributed by atoms with E-state index in [2.05, 4.69) is 18.7 Å². The molecule has 136 valence electrons. The lowest BCUT2D eigenvalue weighted by molar-refractivity contribution is 0.392. The number of hydrogen-bond acceptors (Lipinski definition) is 5. The van der Waals surface area contributed by atoms with Crippen molar-refractivity contribution in [3.8, 4) is 0 Å². The predicted molar refractivity (Wildman–Crippen MR) is 97.1 cm³/mol. The van der Waals surface area contributed by atoms with E-state index in [1.807, 2.05) is 0 Å². The van der Waals surface area contributed by atoms with Gasteiger partial charge in [-0.25, -0.2) is 16.8 Å². The number of piperidine rings is 1. The molecule has 1 aromatic rings. The van der Waals surface area contributed by atoms with Gasteiger partial charge in [0.05, 0.1) is 15.5 Å². The first-order chi connectivity index (χ1) is 11.0. The van der Waals surface area contributed by atoms with Gasteiger partial charge in [-0.2, -0.15) is 0 Å². The van der Waals surface area contributed by atoms with Gasteiger partial charge < -0.3 is 4.90 Å². The fraction of sp³-hybridized carbons (Fsp3) is 0.647. The fourth-order valence-corrected chi connectivity index (χ4v) is 4.99. The van der Waals surface area contributed by atoms with Crippen molar-refractivity contribution in [2.24, 2.45) is 5.92 Å². The minimum Gasteiger partial charge on any atom is -0.367 e. The highest BCUT2D eigenvalue weighted by Crippen LogP contribution is 2.34. The van der Waals surface area contributed by atoms with Crippen molar-refractivity contribution in [2.45, 2.75) is 55.4 Å². The minimum atomic E-state index is -3.52. The maximum Gasteiger partial charge on any atom is 0.177 e. The smallest absolute Gasteiger partial charge is 0.177 e. The Morgan fingerprint density at radius 2 is 1.75 bits per heavy atom. The van der Waals surface area contributed by atoms with Crippen molar-refractivity contribution in [1.29, 1.82) is 0 Å². The summed E-state index contributed by atoms with van der Waals surface area (Å²) in [7, 11) is -6.97. The maximum atomic E-state index is 12.3. The van der Waals surface area contributed by atoms with E-state index >= 15 is 0 Å². The third kappa shape index (κ3) is 4.51. The molecule has 0 radical (unpaired) electrons. The molecule has 24 heavy (non-hydrogen) atoms. The molecule has 5 nitrogen and oxygen atoms in total. The van der Waals surface area contributed by atoms with Gasteiger partial charge in [-0.3, -0.25) is 0 Å². The van der Waals surface area contributed by atoms with E-state index in [1.165, 1.54) is 12.1 Å². The van der Waals surface area contributed by atoms with Gasteiger partial charge in [-0.15, -0.1) is 0 Å². The van der Waals surface area contributed by atoms with Crippen LogP contribution in [0.2, 0.25) is 0 Å². The first-order valence-electron chi connectivity index (χ1n) is 8.31. The van der Waals surface area contributed by atoms with Gasteiger partial charge >= 0.3 is 0 Å².